The topological polar surface area (TPSA) is 77.1 Å². The van der Waals surface area contributed by atoms with Crippen LogP contribution in [0.3, 0.4) is 0 Å². The van der Waals surface area contributed by atoms with Gasteiger partial charge in [-0.3, -0.25) is 4.79 Å². The van der Waals surface area contributed by atoms with Crippen molar-refractivity contribution in [3.8, 4) is 0 Å². The fourth-order valence-electron chi connectivity index (χ4n) is 2.71. The molecule has 0 spiro atoms. The molecular weight excluding hydrogens is 268 g/mol. The van der Waals surface area contributed by atoms with E-state index in [4.69, 9.17) is 0 Å². The number of aryl methyl sites for hydroxylation is 2. The SMILES string of the molecule is Cc1ccn2ncc(C(=O)NC3CCn4ccnc43)c2n1. The van der Waals surface area contributed by atoms with E-state index in [0.717, 1.165) is 24.5 Å². The minimum absolute atomic E-state index is 0.0488. The van der Waals surface area contributed by atoms with E-state index < -0.39 is 0 Å². The van der Waals surface area contributed by atoms with E-state index in [9.17, 15) is 4.79 Å². The molecule has 21 heavy (non-hydrogen) atoms. The van der Waals surface area contributed by atoms with E-state index in [0.29, 0.717) is 11.2 Å². The Morgan fingerprint density at radius 1 is 1.43 bits per heavy atom. The maximum Gasteiger partial charge on any atom is 0.257 e. The van der Waals surface area contributed by atoms with Crippen LogP contribution in [0.1, 0.15) is 34.3 Å². The monoisotopic (exact) mass is 282 g/mol. The highest BCUT2D eigenvalue weighted by atomic mass is 16.1. The zero-order chi connectivity index (χ0) is 14.4. The summed E-state index contributed by atoms with van der Waals surface area (Å²) in [6, 6.07) is 1.81. The van der Waals surface area contributed by atoms with Gasteiger partial charge >= 0.3 is 0 Å². The van der Waals surface area contributed by atoms with Crippen LogP contribution in [0.4, 0.5) is 0 Å². The molecule has 0 bridgehead atoms. The minimum Gasteiger partial charge on any atom is -0.342 e. The fraction of sp³-hybridized carbons (Fsp3) is 0.286. The third kappa shape index (κ3) is 1.89. The average molecular weight is 282 g/mol. The Hall–Kier alpha value is -2.70. The van der Waals surface area contributed by atoms with Crippen LogP contribution in [0, 0.1) is 6.92 Å². The first kappa shape index (κ1) is 12.1. The van der Waals surface area contributed by atoms with Gasteiger partial charge in [0.15, 0.2) is 5.65 Å². The van der Waals surface area contributed by atoms with Gasteiger partial charge in [-0.05, 0) is 19.4 Å². The summed E-state index contributed by atoms with van der Waals surface area (Å²) in [4.78, 5) is 21.2. The van der Waals surface area contributed by atoms with Gasteiger partial charge in [0, 0.05) is 30.8 Å². The molecule has 0 aromatic carbocycles. The van der Waals surface area contributed by atoms with Gasteiger partial charge in [-0.1, -0.05) is 0 Å². The van der Waals surface area contributed by atoms with Crippen molar-refractivity contribution in [3.05, 3.63) is 47.9 Å². The molecule has 1 unspecified atom stereocenters. The summed E-state index contributed by atoms with van der Waals surface area (Å²) in [7, 11) is 0. The second-order valence-electron chi connectivity index (χ2n) is 5.19. The molecule has 7 heteroatoms. The van der Waals surface area contributed by atoms with Crippen LogP contribution in [0.15, 0.2) is 30.9 Å². The largest absolute Gasteiger partial charge is 0.342 e. The van der Waals surface area contributed by atoms with Crippen molar-refractivity contribution >= 4 is 11.6 Å². The highest BCUT2D eigenvalue weighted by Crippen LogP contribution is 2.24. The number of rotatable bonds is 2. The van der Waals surface area contributed by atoms with Crippen molar-refractivity contribution in [2.75, 3.05) is 0 Å². The number of nitrogens with one attached hydrogen (secondary N) is 1. The second kappa shape index (κ2) is 4.41. The van der Waals surface area contributed by atoms with Crippen molar-refractivity contribution in [1.82, 2.24) is 29.5 Å². The van der Waals surface area contributed by atoms with Gasteiger partial charge in [0.2, 0.25) is 0 Å². The molecule has 0 saturated heterocycles. The Morgan fingerprint density at radius 2 is 2.33 bits per heavy atom. The van der Waals surface area contributed by atoms with Gasteiger partial charge in [-0.25, -0.2) is 14.5 Å². The van der Waals surface area contributed by atoms with Gasteiger partial charge in [0.05, 0.1) is 12.2 Å². The molecule has 3 aromatic rings. The van der Waals surface area contributed by atoms with Gasteiger partial charge in [-0.15, -0.1) is 0 Å². The van der Waals surface area contributed by atoms with E-state index >= 15 is 0 Å². The number of amides is 1. The summed E-state index contributed by atoms with van der Waals surface area (Å²) in [5.41, 5.74) is 1.92. The lowest BCUT2D eigenvalue weighted by molar-refractivity contribution is 0.0937. The zero-order valence-electron chi connectivity index (χ0n) is 11.5. The maximum atomic E-state index is 12.5. The molecule has 0 aliphatic carbocycles. The standard InChI is InChI=1S/C14H14N6O/c1-9-2-6-20-12(17-9)10(8-16-20)14(21)18-11-3-5-19-7-4-15-13(11)19/h2,4,6-8,11H,3,5H2,1H3,(H,18,21). The Kier molecular flexibility index (Phi) is 2.53. The summed E-state index contributed by atoms with van der Waals surface area (Å²) < 4.78 is 3.67. The quantitative estimate of drug-likeness (QED) is 0.764. The normalized spacial score (nSPS) is 17.1. The van der Waals surface area contributed by atoms with Crippen LogP contribution < -0.4 is 5.32 Å². The molecule has 4 heterocycles. The van der Waals surface area contributed by atoms with Gasteiger partial charge in [0.25, 0.3) is 5.91 Å². The summed E-state index contributed by atoms with van der Waals surface area (Å²) in [5, 5.41) is 7.18. The number of aromatic nitrogens is 5. The van der Waals surface area contributed by atoms with Crippen molar-refractivity contribution in [2.45, 2.75) is 25.9 Å². The number of fused-ring (bicyclic) bond motifs is 2. The first-order chi connectivity index (χ1) is 10.2. The molecule has 106 valence electrons. The van der Waals surface area contributed by atoms with Crippen LogP contribution in [-0.4, -0.2) is 30.1 Å². The lowest BCUT2D eigenvalue weighted by Crippen LogP contribution is -2.27. The Balaban J connectivity index is 1.64. The molecule has 0 fully saturated rings. The van der Waals surface area contributed by atoms with Crippen molar-refractivity contribution in [1.29, 1.82) is 0 Å². The molecule has 3 aromatic heterocycles. The predicted molar refractivity (Wildman–Crippen MR) is 74.8 cm³/mol. The first-order valence-corrected chi connectivity index (χ1v) is 6.85. The molecule has 1 aliphatic rings. The highest BCUT2D eigenvalue weighted by Gasteiger charge is 2.26. The molecule has 1 atom stereocenters. The average Bonchev–Trinajstić information content (AvgIpc) is 3.14. The fourth-order valence-corrected chi connectivity index (χ4v) is 2.71. The summed E-state index contributed by atoms with van der Waals surface area (Å²) >= 11 is 0. The van der Waals surface area contributed by atoms with E-state index in [1.165, 1.54) is 0 Å². The molecule has 7 nitrogen and oxygen atoms in total. The van der Waals surface area contributed by atoms with Crippen molar-refractivity contribution < 1.29 is 4.79 Å². The minimum atomic E-state index is -0.162. The van der Waals surface area contributed by atoms with Crippen molar-refractivity contribution in [2.24, 2.45) is 0 Å². The smallest absolute Gasteiger partial charge is 0.257 e. The van der Waals surface area contributed by atoms with Gasteiger partial charge in [-0.2, -0.15) is 5.10 Å². The molecule has 1 amide bonds. The van der Waals surface area contributed by atoms with Crippen molar-refractivity contribution in [3.63, 3.8) is 0 Å². The molecule has 1 aliphatic heterocycles. The van der Waals surface area contributed by atoms with E-state index in [-0.39, 0.29) is 11.9 Å². The Morgan fingerprint density at radius 3 is 3.24 bits per heavy atom. The van der Waals surface area contributed by atoms with Gasteiger partial charge < -0.3 is 9.88 Å². The number of hydrogen-bond donors (Lipinski definition) is 1. The summed E-state index contributed by atoms with van der Waals surface area (Å²) in [6.45, 7) is 2.77. The van der Waals surface area contributed by atoms with E-state index in [1.54, 1.807) is 23.1 Å². The molecule has 0 saturated carbocycles. The molecule has 4 rings (SSSR count). The van der Waals surface area contributed by atoms with E-state index in [2.05, 4.69) is 25.0 Å². The van der Waals surface area contributed by atoms with Crippen LogP contribution in [0.5, 0.6) is 0 Å². The number of imidazole rings is 1. The maximum absolute atomic E-state index is 12.5. The number of carbonyl (C=O) groups excluding carboxylic acids is 1. The van der Waals surface area contributed by atoms with Gasteiger partial charge in [0.1, 0.15) is 11.4 Å². The first-order valence-electron chi connectivity index (χ1n) is 6.85. The third-order valence-electron chi connectivity index (χ3n) is 3.78. The number of nitrogens with zero attached hydrogens (tertiary/aromatic N) is 5. The molecular formula is C14H14N6O. The van der Waals surface area contributed by atoms with Crippen LogP contribution >= 0.6 is 0 Å². The van der Waals surface area contributed by atoms with E-state index in [1.807, 2.05) is 19.2 Å². The Labute approximate surface area is 120 Å². The third-order valence-corrected chi connectivity index (χ3v) is 3.78. The number of hydrogen-bond acceptors (Lipinski definition) is 4. The lowest BCUT2D eigenvalue weighted by atomic mass is 10.2. The van der Waals surface area contributed by atoms with Crippen LogP contribution in [0.25, 0.3) is 5.65 Å². The van der Waals surface area contributed by atoms with Crippen LogP contribution in [0.2, 0.25) is 0 Å². The number of carbonyl (C=O) groups is 1. The van der Waals surface area contributed by atoms with Crippen LogP contribution in [-0.2, 0) is 6.54 Å². The summed E-state index contributed by atoms with van der Waals surface area (Å²) in [5.74, 6) is 0.744. The molecule has 0 radical (unpaired) electrons. The second-order valence-corrected chi connectivity index (χ2v) is 5.19. The lowest BCUT2D eigenvalue weighted by Gasteiger charge is -2.10. The zero-order valence-corrected chi connectivity index (χ0v) is 11.5. The highest BCUT2D eigenvalue weighted by molar-refractivity contribution is 5.99. The Bertz CT molecular complexity index is 833. The summed E-state index contributed by atoms with van der Waals surface area (Å²) in [6.07, 6.45) is 7.91. The molecule has 1 N–H and O–H groups in total. The predicted octanol–water partition coefficient (Wildman–Crippen LogP) is 1.11.